The molecule has 0 bridgehead atoms. The Bertz CT molecular complexity index is 200. The summed E-state index contributed by atoms with van der Waals surface area (Å²) in [6, 6.07) is 0. The van der Waals surface area contributed by atoms with Crippen molar-refractivity contribution in [2.75, 3.05) is 13.1 Å². The summed E-state index contributed by atoms with van der Waals surface area (Å²) in [5.41, 5.74) is 5.77. The van der Waals surface area contributed by atoms with Crippen molar-refractivity contribution in [3.8, 4) is 0 Å². The average molecular weight is 285 g/mol. The van der Waals surface area contributed by atoms with Crippen LogP contribution in [0.1, 0.15) is 91.9 Å². The first-order valence-corrected chi connectivity index (χ1v) is 8.96. The van der Waals surface area contributed by atoms with Gasteiger partial charge in [0.05, 0.1) is 0 Å². The van der Waals surface area contributed by atoms with Crippen LogP contribution >= 0.6 is 0 Å². The van der Waals surface area contributed by atoms with E-state index >= 15 is 0 Å². The van der Waals surface area contributed by atoms with Gasteiger partial charge in [-0.25, -0.2) is 0 Å². The second-order valence-electron chi connectivity index (χ2n) is 7.13. The van der Waals surface area contributed by atoms with Gasteiger partial charge in [-0.3, -0.25) is 0 Å². The highest BCUT2D eigenvalue weighted by molar-refractivity contribution is 4.80. The number of rotatable bonds is 14. The molecule has 0 saturated carbocycles. The molecule has 0 radical (unpaired) electrons. The lowest BCUT2D eigenvalue weighted by Crippen LogP contribution is -2.44. The maximum absolute atomic E-state index is 5.49. The first-order chi connectivity index (χ1) is 9.50. The number of hydrogen-bond donors (Lipinski definition) is 2. The summed E-state index contributed by atoms with van der Waals surface area (Å²) in [5.74, 6) is 0.696. The standard InChI is InChI=1S/C18H40N2/c1-17(2)18(3,4)20-16-14-12-10-8-6-5-7-9-11-13-15-19/h17,20H,5-16,19H2,1-4H3. The van der Waals surface area contributed by atoms with Crippen molar-refractivity contribution < 1.29 is 0 Å². The summed E-state index contributed by atoms with van der Waals surface area (Å²) in [5, 5.41) is 3.68. The van der Waals surface area contributed by atoms with Gasteiger partial charge in [0.2, 0.25) is 0 Å². The van der Waals surface area contributed by atoms with Crippen LogP contribution in [-0.2, 0) is 0 Å². The molecule has 3 N–H and O–H groups in total. The Morgan fingerprint density at radius 3 is 1.55 bits per heavy atom. The fourth-order valence-corrected chi connectivity index (χ4v) is 2.30. The summed E-state index contributed by atoms with van der Waals surface area (Å²) >= 11 is 0. The first-order valence-electron chi connectivity index (χ1n) is 8.96. The van der Waals surface area contributed by atoms with Gasteiger partial charge in [-0.15, -0.1) is 0 Å². The Labute approximate surface area is 128 Å². The van der Waals surface area contributed by atoms with E-state index in [0.29, 0.717) is 5.92 Å². The van der Waals surface area contributed by atoms with E-state index in [1.165, 1.54) is 70.8 Å². The zero-order valence-corrected chi connectivity index (χ0v) is 14.6. The Morgan fingerprint density at radius 1 is 0.750 bits per heavy atom. The predicted octanol–water partition coefficient (Wildman–Crippen LogP) is 4.87. The molecule has 0 aliphatic carbocycles. The van der Waals surface area contributed by atoms with Crippen molar-refractivity contribution in [1.29, 1.82) is 0 Å². The minimum Gasteiger partial charge on any atom is -0.330 e. The fourth-order valence-electron chi connectivity index (χ4n) is 2.30. The van der Waals surface area contributed by atoms with Crippen LogP contribution in [0.2, 0.25) is 0 Å². The van der Waals surface area contributed by atoms with Gasteiger partial charge in [-0.2, -0.15) is 0 Å². The minimum absolute atomic E-state index is 0.281. The minimum atomic E-state index is 0.281. The van der Waals surface area contributed by atoms with E-state index in [-0.39, 0.29) is 5.54 Å². The maximum Gasteiger partial charge on any atom is 0.0148 e. The smallest absolute Gasteiger partial charge is 0.0148 e. The molecule has 0 aromatic rings. The van der Waals surface area contributed by atoms with Crippen LogP contribution in [0.3, 0.4) is 0 Å². The largest absolute Gasteiger partial charge is 0.330 e. The van der Waals surface area contributed by atoms with Crippen LogP contribution < -0.4 is 11.1 Å². The topological polar surface area (TPSA) is 38.0 Å². The van der Waals surface area contributed by atoms with Crippen LogP contribution in [0.25, 0.3) is 0 Å². The van der Waals surface area contributed by atoms with Crippen LogP contribution in [0.4, 0.5) is 0 Å². The van der Waals surface area contributed by atoms with Crippen molar-refractivity contribution in [2.24, 2.45) is 11.7 Å². The molecule has 0 heterocycles. The second kappa shape index (κ2) is 12.6. The maximum atomic E-state index is 5.49. The van der Waals surface area contributed by atoms with Crippen LogP contribution in [-0.4, -0.2) is 18.6 Å². The summed E-state index contributed by atoms with van der Waals surface area (Å²) in [4.78, 5) is 0. The lowest BCUT2D eigenvalue weighted by molar-refractivity contribution is 0.286. The Balaban J connectivity index is 3.17. The SMILES string of the molecule is CC(C)C(C)(C)NCCCCCCCCCCCCN. The third kappa shape index (κ3) is 11.7. The van der Waals surface area contributed by atoms with E-state index in [1.807, 2.05) is 0 Å². The molecule has 0 fully saturated rings. The molecule has 0 aromatic heterocycles. The van der Waals surface area contributed by atoms with Gasteiger partial charge in [-0.1, -0.05) is 65.2 Å². The highest BCUT2D eigenvalue weighted by atomic mass is 15.0. The monoisotopic (exact) mass is 284 g/mol. The predicted molar refractivity (Wildman–Crippen MR) is 92.1 cm³/mol. The fraction of sp³-hybridized carbons (Fsp3) is 1.00. The summed E-state index contributed by atoms with van der Waals surface area (Å²) in [7, 11) is 0. The Hall–Kier alpha value is -0.0800. The molecule has 0 aromatic carbocycles. The van der Waals surface area contributed by atoms with Gasteiger partial charge >= 0.3 is 0 Å². The number of unbranched alkanes of at least 4 members (excludes halogenated alkanes) is 9. The highest BCUT2D eigenvalue weighted by Crippen LogP contribution is 2.15. The Kier molecular flexibility index (Phi) is 12.6. The molecule has 2 nitrogen and oxygen atoms in total. The lowest BCUT2D eigenvalue weighted by atomic mass is 9.90. The second-order valence-corrected chi connectivity index (χ2v) is 7.13. The van der Waals surface area contributed by atoms with Crippen LogP contribution in [0, 0.1) is 5.92 Å². The molecule has 0 rings (SSSR count). The molecule has 2 heteroatoms. The summed E-state index contributed by atoms with van der Waals surface area (Å²) in [6.45, 7) is 11.2. The molecule has 0 amide bonds. The van der Waals surface area contributed by atoms with Gasteiger partial charge in [0.15, 0.2) is 0 Å². The number of nitrogens with one attached hydrogen (secondary N) is 1. The lowest BCUT2D eigenvalue weighted by Gasteiger charge is -2.30. The first kappa shape index (κ1) is 19.9. The quantitative estimate of drug-likeness (QED) is 0.447. The van der Waals surface area contributed by atoms with Gasteiger partial charge < -0.3 is 11.1 Å². The molecule has 0 aliphatic heterocycles. The van der Waals surface area contributed by atoms with Crippen molar-refractivity contribution in [3.63, 3.8) is 0 Å². The molecule has 122 valence electrons. The molecule has 0 saturated heterocycles. The zero-order valence-electron chi connectivity index (χ0n) is 14.6. The van der Waals surface area contributed by atoms with Gasteiger partial charge in [-0.05, 0) is 45.7 Å². The normalized spacial score (nSPS) is 12.3. The van der Waals surface area contributed by atoms with E-state index in [4.69, 9.17) is 5.73 Å². The van der Waals surface area contributed by atoms with Gasteiger partial charge in [0, 0.05) is 5.54 Å². The van der Waals surface area contributed by atoms with Gasteiger partial charge in [0.25, 0.3) is 0 Å². The highest BCUT2D eigenvalue weighted by Gasteiger charge is 2.20. The van der Waals surface area contributed by atoms with Crippen molar-refractivity contribution in [3.05, 3.63) is 0 Å². The average Bonchev–Trinajstić information content (AvgIpc) is 2.39. The Morgan fingerprint density at radius 2 is 1.15 bits per heavy atom. The van der Waals surface area contributed by atoms with Crippen LogP contribution in [0.15, 0.2) is 0 Å². The van der Waals surface area contributed by atoms with Crippen LogP contribution in [0.5, 0.6) is 0 Å². The molecular formula is C18H40N2. The number of nitrogens with two attached hydrogens (primary N) is 1. The molecule has 20 heavy (non-hydrogen) atoms. The molecule has 0 atom stereocenters. The molecule has 0 aliphatic rings. The third-order valence-corrected chi connectivity index (χ3v) is 4.65. The van der Waals surface area contributed by atoms with E-state index in [1.54, 1.807) is 0 Å². The molecule has 0 spiro atoms. The summed E-state index contributed by atoms with van der Waals surface area (Å²) < 4.78 is 0. The van der Waals surface area contributed by atoms with E-state index < -0.39 is 0 Å². The zero-order chi connectivity index (χ0) is 15.3. The number of hydrogen-bond acceptors (Lipinski definition) is 2. The molecular weight excluding hydrogens is 244 g/mol. The van der Waals surface area contributed by atoms with Gasteiger partial charge in [0.1, 0.15) is 0 Å². The van der Waals surface area contributed by atoms with E-state index in [0.717, 1.165) is 6.54 Å². The van der Waals surface area contributed by atoms with E-state index in [9.17, 15) is 0 Å². The summed E-state index contributed by atoms with van der Waals surface area (Å²) in [6.07, 6.45) is 13.7. The third-order valence-electron chi connectivity index (χ3n) is 4.65. The molecule has 0 unspecified atom stereocenters. The van der Waals surface area contributed by atoms with Crippen molar-refractivity contribution >= 4 is 0 Å². The van der Waals surface area contributed by atoms with Crippen molar-refractivity contribution in [1.82, 2.24) is 5.32 Å². The van der Waals surface area contributed by atoms with Crippen molar-refractivity contribution in [2.45, 2.75) is 97.4 Å². The van der Waals surface area contributed by atoms with E-state index in [2.05, 4.69) is 33.0 Å².